The van der Waals surface area contributed by atoms with Crippen LogP contribution in [0.1, 0.15) is 12.5 Å². The Kier molecular flexibility index (Phi) is 5.52. The van der Waals surface area contributed by atoms with Crippen LogP contribution in [0.2, 0.25) is 0 Å². The molecule has 0 aromatic heterocycles. The summed E-state index contributed by atoms with van der Waals surface area (Å²) >= 11 is 3.43. The van der Waals surface area contributed by atoms with E-state index in [1.165, 1.54) is 6.92 Å². The molecule has 112 valence electrons. The van der Waals surface area contributed by atoms with Gasteiger partial charge < -0.3 is 15.0 Å². The van der Waals surface area contributed by atoms with Gasteiger partial charge in [0.15, 0.2) is 0 Å². The normalized spacial score (nSPS) is 16.2. The maximum absolute atomic E-state index is 12.6. The van der Waals surface area contributed by atoms with Gasteiger partial charge in [-0.3, -0.25) is 9.59 Å². The molecular formula is C15H17BrN2O3. The van der Waals surface area contributed by atoms with Gasteiger partial charge in [0.25, 0.3) is 5.91 Å². The highest BCUT2D eigenvalue weighted by Gasteiger charge is 2.24. The quantitative estimate of drug-likeness (QED) is 0.843. The van der Waals surface area contributed by atoms with Crippen LogP contribution in [0.15, 0.2) is 36.0 Å². The van der Waals surface area contributed by atoms with Gasteiger partial charge in [0.2, 0.25) is 5.91 Å². The molecule has 0 bridgehead atoms. The number of nitrogens with zero attached hydrogens (tertiary/aromatic N) is 1. The number of amides is 2. The summed E-state index contributed by atoms with van der Waals surface area (Å²) < 4.78 is 5.83. The molecule has 0 atom stereocenters. The summed E-state index contributed by atoms with van der Waals surface area (Å²) in [7, 11) is 0. The summed E-state index contributed by atoms with van der Waals surface area (Å²) in [6.07, 6.45) is 0. The highest BCUT2D eigenvalue weighted by atomic mass is 79.9. The SMILES string of the molecule is CC(=O)N/C(C(=O)N1CCOCC1)=C(\Br)c1ccccc1. The molecule has 2 rings (SSSR count). The van der Waals surface area contributed by atoms with Crippen molar-refractivity contribution in [2.75, 3.05) is 26.3 Å². The van der Waals surface area contributed by atoms with Crippen LogP contribution >= 0.6 is 15.9 Å². The largest absolute Gasteiger partial charge is 0.378 e. The molecule has 2 amide bonds. The maximum atomic E-state index is 12.6. The molecule has 1 heterocycles. The van der Waals surface area contributed by atoms with Gasteiger partial charge in [0.05, 0.1) is 17.7 Å². The Labute approximate surface area is 132 Å². The molecule has 0 aliphatic carbocycles. The number of benzene rings is 1. The summed E-state index contributed by atoms with van der Waals surface area (Å²) in [6, 6.07) is 9.39. The lowest BCUT2D eigenvalue weighted by Crippen LogP contribution is -2.44. The lowest BCUT2D eigenvalue weighted by Gasteiger charge is -2.28. The number of hydrogen-bond acceptors (Lipinski definition) is 3. The van der Waals surface area contributed by atoms with Crippen LogP contribution in [0.5, 0.6) is 0 Å². The molecule has 0 spiro atoms. The molecule has 5 nitrogen and oxygen atoms in total. The minimum atomic E-state index is -0.278. The first kappa shape index (κ1) is 15.7. The lowest BCUT2D eigenvalue weighted by atomic mass is 10.1. The average molecular weight is 353 g/mol. The topological polar surface area (TPSA) is 58.6 Å². The standard InChI is InChI=1S/C15H17BrN2O3/c1-11(19)17-14(13(16)12-5-3-2-4-6-12)15(20)18-7-9-21-10-8-18/h2-6H,7-10H2,1H3,(H,17,19)/b14-13-. The molecule has 1 fully saturated rings. The van der Waals surface area contributed by atoms with Gasteiger partial charge in [0.1, 0.15) is 5.70 Å². The van der Waals surface area contributed by atoms with E-state index < -0.39 is 0 Å². The van der Waals surface area contributed by atoms with Gasteiger partial charge in [-0.2, -0.15) is 0 Å². The smallest absolute Gasteiger partial charge is 0.271 e. The Morgan fingerprint density at radius 3 is 2.38 bits per heavy atom. The minimum absolute atomic E-state index is 0.204. The molecule has 0 saturated carbocycles. The van der Waals surface area contributed by atoms with E-state index in [0.29, 0.717) is 30.8 Å². The van der Waals surface area contributed by atoms with E-state index in [1.807, 2.05) is 30.3 Å². The van der Waals surface area contributed by atoms with Gasteiger partial charge in [-0.25, -0.2) is 0 Å². The van der Waals surface area contributed by atoms with Crippen LogP contribution in [0.4, 0.5) is 0 Å². The second-order valence-corrected chi connectivity index (χ2v) is 5.43. The summed E-state index contributed by atoms with van der Waals surface area (Å²) in [5.41, 5.74) is 1.10. The van der Waals surface area contributed by atoms with E-state index in [9.17, 15) is 9.59 Å². The third-order valence-electron chi connectivity index (χ3n) is 3.06. The van der Waals surface area contributed by atoms with Crippen molar-refractivity contribution in [3.05, 3.63) is 41.6 Å². The van der Waals surface area contributed by atoms with E-state index in [4.69, 9.17) is 4.74 Å². The third-order valence-corrected chi connectivity index (χ3v) is 3.91. The average Bonchev–Trinajstić information content (AvgIpc) is 2.53. The second kappa shape index (κ2) is 7.38. The summed E-state index contributed by atoms with van der Waals surface area (Å²) in [5.74, 6) is -0.483. The Morgan fingerprint density at radius 2 is 1.81 bits per heavy atom. The second-order valence-electron chi connectivity index (χ2n) is 4.64. The fourth-order valence-corrected chi connectivity index (χ4v) is 2.56. The molecule has 1 aliphatic heterocycles. The van der Waals surface area contributed by atoms with E-state index >= 15 is 0 Å². The monoisotopic (exact) mass is 352 g/mol. The van der Waals surface area contributed by atoms with Crippen molar-refractivity contribution in [3.63, 3.8) is 0 Å². The predicted molar refractivity (Wildman–Crippen MR) is 83.5 cm³/mol. The Morgan fingerprint density at radius 1 is 1.19 bits per heavy atom. The van der Waals surface area contributed by atoms with Crippen molar-refractivity contribution in [1.29, 1.82) is 0 Å². The van der Waals surface area contributed by atoms with Gasteiger partial charge in [-0.15, -0.1) is 0 Å². The van der Waals surface area contributed by atoms with Crippen molar-refractivity contribution < 1.29 is 14.3 Å². The van der Waals surface area contributed by atoms with Crippen LogP contribution in [0.3, 0.4) is 0 Å². The van der Waals surface area contributed by atoms with E-state index in [2.05, 4.69) is 21.2 Å². The van der Waals surface area contributed by atoms with Crippen LogP contribution in [-0.2, 0) is 14.3 Å². The molecule has 1 saturated heterocycles. The zero-order valence-electron chi connectivity index (χ0n) is 11.8. The number of rotatable bonds is 3. The third kappa shape index (κ3) is 4.15. The summed E-state index contributed by atoms with van der Waals surface area (Å²) in [5, 5.41) is 2.64. The van der Waals surface area contributed by atoms with E-state index in [-0.39, 0.29) is 17.5 Å². The van der Waals surface area contributed by atoms with Crippen molar-refractivity contribution in [1.82, 2.24) is 10.2 Å². The van der Waals surface area contributed by atoms with Crippen LogP contribution in [-0.4, -0.2) is 43.0 Å². The number of carbonyl (C=O) groups is 2. The maximum Gasteiger partial charge on any atom is 0.271 e. The molecule has 1 aromatic rings. The zero-order valence-corrected chi connectivity index (χ0v) is 13.4. The first-order valence-corrected chi connectivity index (χ1v) is 7.48. The fourth-order valence-electron chi connectivity index (χ4n) is 2.03. The van der Waals surface area contributed by atoms with E-state index in [1.54, 1.807) is 4.90 Å². The Bertz CT molecular complexity index is 551. The number of carbonyl (C=O) groups excluding carboxylic acids is 2. The number of nitrogens with one attached hydrogen (secondary N) is 1. The first-order chi connectivity index (χ1) is 10.1. The molecule has 1 aliphatic rings. The highest BCUT2D eigenvalue weighted by molar-refractivity contribution is 9.15. The van der Waals surface area contributed by atoms with Crippen LogP contribution < -0.4 is 5.32 Å². The minimum Gasteiger partial charge on any atom is -0.378 e. The van der Waals surface area contributed by atoms with Gasteiger partial charge in [-0.1, -0.05) is 30.3 Å². The Hall–Kier alpha value is -1.66. The molecule has 0 radical (unpaired) electrons. The van der Waals surface area contributed by atoms with Crippen molar-refractivity contribution >= 4 is 32.2 Å². The first-order valence-electron chi connectivity index (χ1n) is 6.69. The van der Waals surface area contributed by atoms with Gasteiger partial charge in [0, 0.05) is 20.0 Å². The molecular weight excluding hydrogens is 336 g/mol. The molecule has 6 heteroatoms. The summed E-state index contributed by atoms with van der Waals surface area (Å²) in [6.45, 7) is 3.47. The molecule has 0 unspecified atom stereocenters. The zero-order chi connectivity index (χ0) is 15.2. The van der Waals surface area contributed by atoms with Gasteiger partial charge >= 0.3 is 0 Å². The van der Waals surface area contributed by atoms with Crippen LogP contribution in [0.25, 0.3) is 4.48 Å². The fraction of sp³-hybridized carbons (Fsp3) is 0.333. The number of ether oxygens (including phenoxy) is 1. The van der Waals surface area contributed by atoms with Crippen molar-refractivity contribution in [2.45, 2.75) is 6.92 Å². The highest BCUT2D eigenvalue weighted by Crippen LogP contribution is 2.25. The molecule has 21 heavy (non-hydrogen) atoms. The van der Waals surface area contributed by atoms with Gasteiger partial charge in [-0.05, 0) is 21.5 Å². The number of halogens is 1. The van der Waals surface area contributed by atoms with Crippen molar-refractivity contribution in [2.24, 2.45) is 0 Å². The molecule has 1 aromatic carbocycles. The van der Waals surface area contributed by atoms with E-state index in [0.717, 1.165) is 5.56 Å². The lowest BCUT2D eigenvalue weighted by molar-refractivity contribution is -0.132. The molecule has 1 N–H and O–H groups in total. The predicted octanol–water partition coefficient (Wildman–Crippen LogP) is 1.75. The number of morpholine rings is 1. The van der Waals surface area contributed by atoms with Crippen molar-refractivity contribution in [3.8, 4) is 0 Å². The van der Waals surface area contributed by atoms with Crippen LogP contribution in [0, 0.1) is 0 Å². The Balaban J connectivity index is 2.33. The summed E-state index contributed by atoms with van der Waals surface area (Å²) in [4.78, 5) is 25.7. The number of hydrogen-bond donors (Lipinski definition) is 1.